The van der Waals surface area contributed by atoms with Crippen LogP contribution in [0.2, 0.25) is 0 Å². The van der Waals surface area contributed by atoms with Gasteiger partial charge in [-0.05, 0) is 12.1 Å². The number of ether oxygens (including phenoxy) is 1. The smallest absolute Gasteiger partial charge is 0.410 e. The van der Waals surface area contributed by atoms with Crippen LogP contribution in [0.5, 0.6) is 0 Å². The average Bonchev–Trinajstić information content (AvgIpc) is 3.09. The molecular weight excluding hydrogens is 376 g/mol. The quantitative estimate of drug-likeness (QED) is 0.689. The van der Waals surface area contributed by atoms with Gasteiger partial charge >= 0.3 is 6.09 Å². The second-order valence-electron chi connectivity index (χ2n) is 8.86. The van der Waals surface area contributed by atoms with Crippen LogP contribution in [0, 0.1) is 0 Å². The van der Waals surface area contributed by atoms with E-state index in [1.54, 1.807) is 0 Å². The highest BCUT2D eigenvalue weighted by atomic mass is 16.6. The van der Waals surface area contributed by atoms with Crippen LogP contribution >= 0.6 is 0 Å². The Morgan fingerprint density at radius 3 is 2.33 bits per heavy atom. The molecule has 164 valence electrons. The number of likely N-dealkylation sites (N-methyl/N-ethyl adjacent to an activating group) is 1. The highest BCUT2D eigenvalue weighted by Gasteiger charge is 2.46. The van der Waals surface area contributed by atoms with Gasteiger partial charge in [-0.2, -0.15) is 0 Å². The second-order valence-corrected chi connectivity index (χ2v) is 8.86. The largest absolute Gasteiger partial charge is 0.441 e. The van der Waals surface area contributed by atoms with Crippen molar-refractivity contribution in [3.8, 4) is 0 Å². The van der Waals surface area contributed by atoms with Gasteiger partial charge in [0.05, 0.1) is 6.54 Å². The lowest BCUT2D eigenvalue weighted by Gasteiger charge is -2.37. The van der Waals surface area contributed by atoms with E-state index >= 15 is 0 Å². The Labute approximate surface area is 181 Å². The van der Waals surface area contributed by atoms with Gasteiger partial charge < -0.3 is 14.5 Å². The number of amides is 1. The monoisotopic (exact) mass is 412 g/mol. The second kappa shape index (κ2) is 9.94. The van der Waals surface area contributed by atoms with Crippen molar-refractivity contribution >= 4 is 12.2 Å². The Morgan fingerprint density at radius 2 is 1.63 bits per heavy atom. The van der Waals surface area contributed by atoms with Crippen LogP contribution < -0.4 is 0 Å². The van der Waals surface area contributed by atoms with Gasteiger partial charge in [0, 0.05) is 71.7 Å². The maximum absolute atomic E-state index is 12.5. The summed E-state index contributed by atoms with van der Waals surface area (Å²) in [6, 6.07) is 10.4. The molecule has 3 aliphatic rings. The molecule has 0 saturated carbocycles. The normalized spacial score (nSPS) is 23.5. The lowest BCUT2D eigenvalue weighted by molar-refractivity contribution is 0.00338. The first kappa shape index (κ1) is 21.3. The molecule has 4 rings (SSSR count). The van der Waals surface area contributed by atoms with E-state index < -0.39 is 0 Å². The van der Waals surface area contributed by atoms with E-state index in [1.165, 1.54) is 5.56 Å². The molecule has 0 aromatic heterocycles. The van der Waals surface area contributed by atoms with E-state index in [1.807, 2.05) is 11.0 Å². The minimum absolute atomic E-state index is 0.111. The van der Waals surface area contributed by atoms with Crippen LogP contribution in [0.3, 0.4) is 0 Å². The van der Waals surface area contributed by atoms with Gasteiger partial charge in [-0.25, -0.2) is 4.79 Å². The number of likely N-dealkylation sites (tertiary alicyclic amines) is 1. The third-order valence-corrected chi connectivity index (χ3v) is 6.88. The molecule has 0 bridgehead atoms. The first-order chi connectivity index (χ1) is 14.7. The zero-order valence-corrected chi connectivity index (χ0v) is 18.3. The van der Waals surface area contributed by atoms with Crippen molar-refractivity contribution in [2.75, 3.05) is 72.0 Å². The van der Waals surface area contributed by atoms with Crippen LogP contribution in [0.15, 0.2) is 36.4 Å². The molecule has 6 nitrogen and oxygen atoms in total. The summed E-state index contributed by atoms with van der Waals surface area (Å²) in [7, 11) is 0. The Kier molecular flexibility index (Phi) is 7.08. The van der Waals surface area contributed by atoms with E-state index in [4.69, 9.17) is 4.74 Å². The van der Waals surface area contributed by atoms with Crippen LogP contribution in [0.1, 0.15) is 25.3 Å². The number of benzene rings is 1. The predicted octanol–water partition coefficient (Wildman–Crippen LogP) is 2.62. The fraction of sp³-hybridized carbons (Fsp3) is 0.625. The maximum atomic E-state index is 12.5. The lowest BCUT2D eigenvalue weighted by atomic mass is 9.91. The van der Waals surface area contributed by atoms with Crippen molar-refractivity contribution in [3.63, 3.8) is 0 Å². The third-order valence-electron chi connectivity index (χ3n) is 6.88. The van der Waals surface area contributed by atoms with Crippen molar-refractivity contribution in [2.24, 2.45) is 0 Å². The first-order valence-electron chi connectivity index (χ1n) is 11.5. The fourth-order valence-corrected chi connectivity index (χ4v) is 4.76. The Balaban J connectivity index is 1.19. The number of piperidine rings is 1. The summed E-state index contributed by atoms with van der Waals surface area (Å²) in [5, 5.41) is 0. The molecule has 1 aromatic carbocycles. The molecule has 30 heavy (non-hydrogen) atoms. The van der Waals surface area contributed by atoms with Crippen LogP contribution in [-0.4, -0.2) is 103 Å². The number of carbonyl (C=O) groups is 1. The van der Waals surface area contributed by atoms with Gasteiger partial charge in [0.1, 0.15) is 5.60 Å². The van der Waals surface area contributed by atoms with Crippen molar-refractivity contribution in [3.05, 3.63) is 42.0 Å². The summed E-state index contributed by atoms with van der Waals surface area (Å²) in [4.78, 5) is 21.8. The zero-order chi connectivity index (χ0) is 20.8. The number of carbonyl (C=O) groups excluding carboxylic acids is 1. The van der Waals surface area contributed by atoms with Gasteiger partial charge in [0.2, 0.25) is 0 Å². The zero-order valence-electron chi connectivity index (χ0n) is 18.3. The molecule has 3 aliphatic heterocycles. The lowest BCUT2D eigenvalue weighted by Crippen LogP contribution is -2.49. The summed E-state index contributed by atoms with van der Waals surface area (Å²) in [5.41, 5.74) is 0.972. The molecular formula is C24H36N4O2. The average molecular weight is 413 g/mol. The first-order valence-corrected chi connectivity index (χ1v) is 11.5. The molecule has 0 N–H and O–H groups in total. The number of hydrogen-bond donors (Lipinski definition) is 0. The van der Waals surface area contributed by atoms with Crippen LogP contribution in [-0.2, 0) is 4.74 Å². The molecule has 3 fully saturated rings. The molecule has 1 spiro atoms. The molecule has 3 heterocycles. The molecule has 1 aromatic rings. The standard InChI is InChI=1S/C24H36N4O2/c1-2-25-15-17-27(18-16-25)19-20-28-21-24(30-23(28)29)10-13-26(14-11-24)12-6-9-22-7-4-3-5-8-22/h3-9H,2,10-21H2,1H3. The van der Waals surface area contributed by atoms with Gasteiger partial charge in [0.15, 0.2) is 0 Å². The SMILES string of the molecule is CCN1CCN(CCN2CC3(CCN(CC=Cc4ccccc4)CC3)OC2=O)CC1. The van der Waals surface area contributed by atoms with Crippen molar-refractivity contribution < 1.29 is 9.53 Å². The molecule has 3 saturated heterocycles. The Bertz CT molecular complexity index is 707. The van der Waals surface area contributed by atoms with Gasteiger partial charge in [0.25, 0.3) is 0 Å². The summed E-state index contributed by atoms with van der Waals surface area (Å²) >= 11 is 0. The molecule has 0 unspecified atom stereocenters. The molecule has 0 aliphatic carbocycles. The molecule has 0 atom stereocenters. The molecule has 1 amide bonds. The minimum Gasteiger partial charge on any atom is -0.441 e. The van der Waals surface area contributed by atoms with Crippen molar-refractivity contribution in [1.82, 2.24) is 19.6 Å². The van der Waals surface area contributed by atoms with Gasteiger partial charge in [-0.1, -0.05) is 49.4 Å². The van der Waals surface area contributed by atoms with E-state index in [0.717, 1.165) is 84.8 Å². The third kappa shape index (κ3) is 5.42. The van der Waals surface area contributed by atoms with Crippen molar-refractivity contribution in [2.45, 2.75) is 25.4 Å². The summed E-state index contributed by atoms with van der Waals surface area (Å²) < 4.78 is 5.91. The predicted molar refractivity (Wildman–Crippen MR) is 120 cm³/mol. The van der Waals surface area contributed by atoms with Gasteiger partial charge in [-0.3, -0.25) is 9.80 Å². The number of piperazine rings is 1. The number of hydrogen-bond acceptors (Lipinski definition) is 5. The number of nitrogens with zero attached hydrogens (tertiary/aromatic N) is 4. The van der Waals surface area contributed by atoms with E-state index in [-0.39, 0.29) is 11.7 Å². The van der Waals surface area contributed by atoms with E-state index in [0.29, 0.717) is 0 Å². The number of rotatable bonds is 7. The Hall–Kier alpha value is -1.89. The van der Waals surface area contributed by atoms with Gasteiger partial charge in [-0.15, -0.1) is 0 Å². The van der Waals surface area contributed by atoms with Crippen molar-refractivity contribution in [1.29, 1.82) is 0 Å². The summed E-state index contributed by atoms with van der Waals surface area (Å²) in [5.74, 6) is 0. The Morgan fingerprint density at radius 1 is 0.933 bits per heavy atom. The highest BCUT2D eigenvalue weighted by molar-refractivity contribution is 5.70. The van der Waals surface area contributed by atoms with Crippen LogP contribution in [0.4, 0.5) is 4.79 Å². The van der Waals surface area contributed by atoms with E-state index in [2.05, 4.69) is 58.0 Å². The maximum Gasteiger partial charge on any atom is 0.410 e. The minimum atomic E-state index is -0.266. The molecule has 0 radical (unpaired) electrons. The van der Waals surface area contributed by atoms with Crippen LogP contribution in [0.25, 0.3) is 6.08 Å². The summed E-state index contributed by atoms with van der Waals surface area (Å²) in [6.07, 6.45) is 6.17. The fourth-order valence-electron chi connectivity index (χ4n) is 4.76. The topological polar surface area (TPSA) is 39.3 Å². The molecule has 6 heteroatoms. The highest BCUT2D eigenvalue weighted by Crippen LogP contribution is 2.33. The summed E-state index contributed by atoms with van der Waals surface area (Å²) in [6.45, 7) is 13.3. The van der Waals surface area contributed by atoms with E-state index in [9.17, 15) is 4.79 Å².